The number of para-hydroxylation sites is 1. The number of halogens is 1. The fourth-order valence-corrected chi connectivity index (χ4v) is 2.18. The third-order valence-electron chi connectivity index (χ3n) is 3.06. The average molecular weight is 408 g/mol. The molecule has 2 nitrogen and oxygen atoms in total. The molecule has 22 heavy (non-hydrogen) atoms. The predicted molar refractivity (Wildman–Crippen MR) is 101 cm³/mol. The molecule has 2 rings (SSSR count). The Balaban J connectivity index is 1.65. The monoisotopic (exact) mass is 408 g/mol. The molecule has 0 atom stereocenters. The summed E-state index contributed by atoms with van der Waals surface area (Å²) < 4.78 is 12.2. The minimum Gasteiger partial charge on any atom is -0.494 e. The first-order valence-corrected chi connectivity index (χ1v) is 9.04. The number of unbranched alkanes of at least 4 members (excludes halogenated alkanes) is 1. The first-order chi connectivity index (χ1) is 10.9. The molecule has 0 saturated carbocycles. The average Bonchev–Trinajstić information content (AvgIpc) is 2.58. The molecule has 3 heteroatoms. The molecule has 0 bridgehead atoms. The Bertz CT molecular complexity index is 549. The summed E-state index contributed by atoms with van der Waals surface area (Å²) >= 11 is 2.31. The van der Waals surface area contributed by atoms with Crippen LogP contribution in [0.4, 0.5) is 0 Å². The third-order valence-corrected chi connectivity index (χ3v) is 3.50. The van der Waals surface area contributed by atoms with Crippen molar-refractivity contribution in [3.8, 4) is 11.5 Å². The third kappa shape index (κ3) is 6.52. The molecule has 0 amide bonds. The topological polar surface area (TPSA) is 18.5 Å². The highest BCUT2D eigenvalue weighted by molar-refractivity contribution is 14.1. The van der Waals surface area contributed by atoms with E-state index >= 15 is 0 Å². The Morgan fingerprint density at radius 2 is 1.50 bits per heavy atom. The summed E-state index contributed by atoms with van der Waals surface area (Å²) in [6, 6.07) is 18.1. The summed E-state index contributed by atoms with van der Waals surface area (Å²) in [5.74, 6) is 1.87. The van der Waals surface area contributed by atoms with Gasteiger partial charge in [-0.2, -0.15) is 0 Å². The lowest BCUT2D eigenvalue weighted by Crippen LogP contribution is -1.97. The maximum Gasteiger partial charge on any atom is 0.119 e. The Morgan fingerprint density at radius 3 is 2.23 bits per heavy atom. The summed E-state index contributed by atoms with van der Waals surface area (Å²) in [5, 5.41) is 0. The molecule has 2 aromatic rings. The fraction of sp³-hybridized carbons (Fsp3) is 0.263. The highest BCUT2D eigenvalue weighted by atomic mass is 127. The van der Waals surface area contributed by atoms with Crippen molar-refractivity contribution in [3.05, 3.63) is 66.2 Å². The van der Waals surface area contributed by atoms with Gasteiger partial charge in [-0.15, -0.1) is 0 Å². The highest BCUT2D eigenvalue weighted by Crippen LogP contribution is 2.14. The van der Waals surface area contributed by atoms with Gasteiger partial charge >= 0.3 is 0 Å². The molecule has 0 heterocycles. The number of hydrogen-bond donors (Lipinski definition) is 0. The second-order valence-corrected chi connectivity index (χ2v) is 5.89. The maximum atomic E-state index is 5.66. The zero-order valence-electron chi connectivity index (χ0n) is 12.6. The van der Waals surface area contributed by atoms with Crippen molar-refractivity contribution in [2.24, 2.45) is 0 Å². The quantitative estimate of drug-likeness (QED) is 0.316. The largest absolute Gasteiger partial charge is 0.494 e. The van der Waals surface area contributed by atoms with Crippen molar-refractivity contribution in [1.82, 2.24) is 0 Å². The van der Waals surface area contributed by atoms with E-state index in [2.05, 4.69) is 46.9 Å². The zero-order chi connectivity index (χ0) is 15.5. The maximum absolute atomic E-state index is 5.66. The number of benzene rings is 2. The standard InChI is InChI=1S/C19H21IO2/c20-14-16-22-19-12-10-17(11-13-19)7-3-2-6-15-21-18-8-4-1-5-9-18/h1,3-5,7-13H,2,6,14-16H2. The molecule has 116 valence electrons. The number of rotatable bonds is 9. The minimum absolute atomic E-state index is 0.747. The fourth-order valence-electron chi connectivity index (χ4n) is 1.96. The van der Waals surface area contributed by atoms with Crippen LogP contribution >= 0.6 is 22.6 Å². The summed E-state index contributed by atoms with van der Waals surface area (Å²) in [4.78, 5) is 0. The molecule has 0 saturated heterocycles. The summed E-state index contributed by atoms with van der Waals surface area (Å²) in [6.45, 7) is 1.51. The molecule has 2 aromatic carbocycles. The first kappa shape index (κ1) is 16.9. The summed E-state index contributed by atoms with van der Waals surface area (Å²) in [7, 11) is 0. The van der Waals surface area contributed by atoms with Gasteiger partial charge in [0, 0.05) is 4.43 Å². The highest BCUT2D eigenvalue weighted by Gasteiger charge is 1.93. The Labute approximate surface area is 146 Å². The van der Waals surface area contributed by atoms with E-state index in [4.69, 9.17) is 9.47 Å². The van der Waals surface area contributed by atoms with E-state index < -0.39 is 0 Å². The van der Waals surface area contributed by atoms with Crippen LogP contribution in [0.3, 0.4) is 0 Å². The van der Waals surface area contributed by atoms with Gasteiger partial charge in [0.1, 0.15) is 11.5 Å². The molecule has 0 N–H and O–H groups in total. The van der Waals surface area contributed by atoms with Crippen LogP contribution in [-0.4, -0.2) is 17.6 Å². The molecule has 0 aliphatic heterocycles. The van der Waals surface area contributed by atoms with E-state index in [1.165, 1.54) is 5.56 Å². The Hall–Kier alpha value is -1.49. The molecule has 0 fully saturated rings. The number of ether oxygens (including phenoxy) is 2. The van der Waals surface area contributed by atoms with E-state index in [1.807, 2.05) is 42.5 Å². The minimum atomic E-state index is 0.747. The van der Waals surface area contributed by atoms with E-state index in [1.54, 1.807) is 0 Å². The van der Waals surface area contributed by atoms with Crippen LogP contribution in [-0.2, 0) is 0 Å². The lowest BCUT2D eigenvalue weighted by atomic mass is 10.2. The predicted octanol–water partition coefficient (Wildman–Crippen LogP) is 5.37. The van der Waals surface area contributed by atoms with Crippen LogP contribution < -0.4 is 9.47 Å². The van der Waals surface area contributed by atoms with Crippen molar-refractivity contribution in [3.63, 3.8) is 0 Å². The van der Waals surface area contributed by atoms with E-state index in [9.17, 15) is 0 Å². The van der Waals surface area contributed by atoms with Crippen LogP contribution in [0.25, 0.3) is 6.08 Å². The van der Waals surface area contributed by atoms with E-state index in [-0.39, 0.29) is 0 Å². The number of alkyl halides is 1. The molecule has 0 unspecified atom stereocenters. The van der Waals surface area contributed by atoms with E-state index in [0.717, 1.165) is 42.0 Å². The molecule has 0 spiro atoms. The van der Waals surface area contributed by atoms with Crippen LogP contribution in [0.2, 0.25) is 0 Å². The Kier molecular flexibility index (Phi) is 7.88. The second kappa shape index (κ2) is 10.3. The molecular weight excluding hydrogens is 387 g/mol. The number of hydrogen-bond acceptors (Lipinski definition) is 2. The van der Waals surface area contributed by atoms with Gasteiger partial charge in [0.2, 0.25) is 0 Å². The SMILES string of the molecule is ICCOc1ccc(C=CCCCOc2ccccc2)cc1. The van der Waals surface area contributed by atoms with Crippen LogP contribution in [0, 0.1) is 0 Å². The summed E-state index contributed by atoms with van der Waals surface area (Å²) in [6.07, 6.45) is 6.36. The lowest BCUT2D eigenvalue weighted by molar-refractivity contribution is 0.312. The van der Waals surface area contributed by atoms with Gasteiger partial charge in [0.25, 0.3) is 0 Å². The van der Waals surface area contributed by atoms with Gasteiger partial charge in [-0.25, -0.2) is 0 Å². The second-order valence-electron chi connectivity index (χ2n) is 4.81. The number of allylic oxidation sites excluding steroid dienone is 1. The normalized spacial score (nSPS) is 10.8. The van der Waals surface area contributed by atoms with Crippen molar-refractivity contribution < 1.29 is 9.47 Å². The van der Waals surface area contributed by atoms with Gasteiger partial charge in [-0.3, -0.25) is 0 Å². The molecule has 0 radical (unpaired) electrons. The van der Waals surface area contributed by atoms with Crippen LogP contribution in [0.5, 0.6) is 11.5 Å². The summed E-state index contributed by atoms with van der Waals surface area (Å²) in [5.41, 5.74) is 1.20. The molecular formula is C19H21IO2. The van der Waals surface area contributed by atoms with Crippen molar-refractivity contribution in [2.45, 2.75) is 12.8 Å². The van der Waals surface area contributed by atoms with Gasteiger partial charge < -0.3 is 9.47 Å². The zero-order valence-corrected chi connectivity index (χ0v) is 14.7. The molecule has 0 aliphatic carbocycles. The van der Waals surface area contributed by atoms with Crippen molar-refractivity contribution >= 4 is 28.7 Å². The van der Waals surface area contributed by atoms with Crippen molar-refractivity contribution in [2.75, 3.05) is 17.6 Å². The van der Waals surface area contributed by atoms with Crippen LogP contribution in [0.1, 0.15) is 18.4 Å². The first-order valence-electron chi connectivity index (χ1n) is 7.52. The van der Waals surface area contributed by atoms with Gasteiger partial charge in [-0.05, 0) is 42.7 Å². The van der Waals surface area contributed by atoms with Gasteiger partial charge in [-0.1, -0.05) is 65.1 Å². The lowest BCUT2D eigenvalue weighted by Gasteiger charge is -2.04. The van der Waals surface area contributed by atoms with Crippen LogP contribution in [0.15, 0.2) is 60.7 Å². The van der Waals surface area contributed by atoms with Gasteiger partial charge in [0.15, 0.2) is 0 Å². The Morgan fingerprint density at radius 1 is 0.818 bits per heavy atom. The van der Waals surface area contributed by atoms with Crippen molar-refractivity contribution in [1.29, 1.82) is 0 Å². The van der Waals surface area contributed by atoms with Gasteiger partial charge in [0.05, 0.1) is 13.2 Å². The molecule has 0 aliphatic rings. The molecule has 0 aromatic heterocycles. The van der Waals surface area contributed by atoms with E-state index in [0.29, 0.717) is 0 Å². The smallest absolute Gasteiger partial charge is 0.119 e.